The molecule has 0 aromatic heterocycles. The minimum absolute atomic E-state index is 0.384. The third-order valence-electron chi connectivity index (χ3n) is 4.33. The van der Waals surface area contributed by atoms with Crippen molar-refractivity contribution in [3.8, 4) is 0 Å². The van der Waals surface area contributed by atoms with E-state index in [-0.39, 0.29) is 0 Å². The van der Waals surface area contributed by atoms with Gasteiger partial charge in [-0.15, -0.1) is 0 Å². The molecule has 0 spiro atoms. The molecule has 0 aliphatic heterocycles. The monoisotopic (exact) mass is 296 g/mol. The fraction of sp³-hybridized carbons (Fsp3) is 0.900. The van der Waals surface area contributed by atoms with E-state index < -0.39 is 0 Å². The summed E-state index contributed by atoms with van der Waals surface area (Å²) in [6, 6.07) is 0. The van der Waals surface area contributed by atoms with Crippen molar-refractivity contribution < 1.29 is 5.11 Å². The highest BCUT2D eigenvalue weighted by Crippen LogP contribution is 2.17. The van der Waals surface area contributed by atoms with Crippen LogP contribution in [0.15, 0.2) is 12.2 Å². The summed E-state index contributed by atoms with van der Waals surface area (Å²) in [6.07, 6.45) is 23.0. The number of unbranched alkanes of at least 4 members (excludes halogenated alkanes) is 9. The van der Waals surface area contributed by atoms with Crippen LogP contribution >= 0.6 is 0 Å². The molecule has 1 N–H and O–H groups in total. The van der Waals surface area contributed by atoms with Crippen molar-refractivity contribution in [1.29, 1.82) is 0 Å². The van der Waals surface area contributed by atoms with E-state index in [1.54, 1.807) is 0 Å². The first kappa shape index (κ1) is 20.7. The van der Waals surface area contributed by atoms with Crippen LogP contribution in [0.3, 0.4) is 0 Å². The van der Waals surface area contributed by atoms with Crippen molar-refractivity contribution in [1.82, 2.24) is 0 Å². The second-order valence-electron chi connectivity index (χ2n) is 6.50. The van der Waals surface area contributed by atoms with Gasteiger partial charge in [-0.2, -0.15) is 0 Å². The first-order chi connectivity index (χ1) is 10.3. The maximum Gasteiger partial charge on any atom is 0.0459 e. The van der Waals surface area contributed by atoms with Gasteiger partial charge < -0.3 is 5.11 Å². The van der Waals surface area contributed by atoms with Crippen molar-refractivity contribution in [3.63, 3.8) is 0 Å². The van der Waals surface area contributed by atoms with Crippen LogP contribution in [0.5, 0.6) is 0 Å². The van der Waals surface area contributed by atoms with Crippen molar-refractivity contribution in [2.75, 3.05) is 6.61 Å². The van der Waals surface area contributed by atoms with E-state index in [9.17, 15) is 5.11 Å². The molecule has 0 heterocycles. The van der Waals surface area contributed by atoms with Gasteiger partial charge in [0.25, 0.3) is 0 Å². The van der Waals surface area contributed by atoms with Crippen LogP contribution in [-0.2, 0) is 0 Å². The van der Waals surface area contributed by atoms with Gasteiger partial charge in [-0.1, -0.05) is 83.8 Å². The molecule has 0 radical (unpaired) electrons. The van der Waals surface area contributed by atoms with Crippen LogP contribution in [-0.4, -0.2) is 11.7 Å². The average Bonchev–Trinajstić information content (AvgIpc) is 2.51. The highest BCUT2D eigenvalue weighted by molar-refractivity contribution is 4.81. The van der Waals surface area contributed by atoms with Crippen LogP contribution in [0.4, 0.5) is 0 Å². The summed E-state index contributed by atoms with van der Waals surface area (Å²) in [5.74, 6) is 0.546. The van der Waals surface area contributed by atoms with Crippen molar-refractivity contribution in [2.24, 2.45) is 5.92 Å². The van der Waals surface area contributed by atoms with Gasteiger partial charge in [-0.25, -0.2) is 0 Å². The van der Waals surface area contributed by atoms with Gasteiger partial charge >= 0.3 is 0 Å². The first-order valence-electron chi connectivity index (χ1n) is 9.61. The Kier molecular flexibility index (Phi) is 17.5. The lowest BCUT2D eigenvalue weighted by Gasteiger charge is -2.13. The van der Waals surface area contributed by atoms with E-state index in [1.807, 2.05) is 0 Å². The normalized spacial score (nSPS) is 13.1. The number of aliphatic hydroxyl groups excluding tert-OH is 1. The number of hydrogen-bond acceptors (Lipinski definition) is 1. The lowest BCUT2D eigenvalue weighted by molar-refractivity contribution is 0.205. The Bertz CT molecular complexity index is 210. The summed E-state index contributed by atoms with van der Waals surface area (Å²) < 4.78 is 0. The summed E-state index contributed by atoms with van der Waals surface area (Å²) in [5.41, 5.74) is 0. The average molecular weight is 297 g/mol. The molecule has 0 saturated carbocycles. The lowest BCUT2D eigenvalue weighted by atomic mass is 9.95. The largest absolute Gasteiger partial charge is 0.396 e. The molecule has 0 rings (SSSR count). The zero-order valence-corrected chi connectivity index (χ0v) is 14.8. The molecule has 0 amide bonds. The van der Waals surface area contributed by atoms with Gasteiger partial charge in [0.05, 0.1) is 0 Å². The Morgan fingerprint density at radius 1 is 0.667 bits per heavy atom. The highest BCUT2D eigenvalue weighted by atomic mass is 16.3. The van der Waals surface area contributed by atoms with Crippen molar-refractivity contribution >= 4 is 0 Å². The zero-order valence-electron chi connectivity index (χ0n) is 14.8. The molecule has 1 unspecified atom stereocenters. The summed E-state index contributed by atoms with van der Waals surface area (Å²) in [6.45, 7) is 4.87. The van der Waals surface area contributed by atoms with Gasteiger partial charge in [-0.3, -0.25) is 0 Å². The van der Waals surface area contributed by atoms with E-state index in [0.29, 0.717) is 12.5 Å². The Morgan fingerprint density at radius 2 is 1.24 bits per heavy atom. The third kappa shape index (κ3) is 15.9. The van der Waals surface area contributed by atoms with E-state index >= 15 is 0 Å². The summed E-state index contributed by atoms with van der Waals surface area (Å²) in [5, 5.41) is 9.45. The second-order valence-corrected chi connectivity index (χ2v) is 6.50. The van der Waals surface area contributed by atoms with Crippen LogP contribution in [0.25, 0.3) is 0 Å². The molecule has 0 saturated heterocycles. The molecule has 1 nitrogen and oxygen atoms in total. The fourth-order valence-electron chi connectivity index (χ4n) is 2.82. The van der Waals surface area contributed by atoms with Crippen LogP contribution in [0.1, 0.15) is 104 Å². The molecule has 0 bridgehead atoms. The molecule has 0 fully saturated rings. The fourth-order valence-corrected chi connectivity index (χ4v) is 2.82. The van der Waals surface area contributed by atoms with Crippen molar-refractivity contribution in [2.45, 2.75) is 104 Å². The van der Waals surface area contributed by atoms with E-state index in [0.717, 1.165) is 0 Å². The Labute approximate surface area is 134 Å². The molecule has 1 heteroatoms. The Morgan fingerprint density at radius 3 is 1.86 bits per heavy atom. The van der Waals surface area contributed by atoms with E-state index in [2.05, 4.69) is 26.0 Å². The van der Waals surface area contributed by atoms with E-state index in [1.165, 1.54) is 89.9 Å². The van der Waals surface area contributed by atoms with Gasteiger partial charge in [0.15, 0.2) is 0 Å². The van der Waals surface area contributed by atoms with Gasteiger partial charge in [0.1, 0.15) is 0 Å². The van der Waals surface area contributed by atoms with Crippen LogP contribution in [0, 0.1) is 5.92 Å². The highest BCUT2D eigenvalue weighted by Gasteiger charge is 2.06. The Balaban J connectivity index is 3.36. The minimum Gasteiger partial charge on any atom is -0.396 e. The summed E-state index contributed by atoms with van der Waals surface area (Å²) in [4.78, 5) is 0. The maximum atomic E-state index is 9.45. The van der Waals surface area contributed by atoms with Crippen LogP contribution in [0.2, 0.25) is 0 Å². The van der Waals surface area contributed by atoms with Crippen molar-refractivity contribution in [3.05, 3.63) is 12.2 Å². The van der Waals surface area contributed by atoms with Crippen LogP contribution < -0.4 is 0 Å². The second kappa shape index (κ2) is 17.8. The first-order valence-corrected chi connectivity index (χ1v) is 9.61. The number of rotatable bonds is 16. The van der Waals surface area contributed by atoms with E-state index in [4.69, 9.17) is 0 Å². The summed E-state index contributed by atoms with van der Waals surface area (Å²) >= 11 is 0. The molecular formula is C20H40O. The summed E-state index contributed by atoms with van der Waals surface area (Å²) in [7, 11) is 0. The molecule has 126 valence electrons. The third-order valence-corrected chi connectivity index (χ3v) is 4.33. The minimum atomic E-state index is 0.384. The standard InChI is InChI=1S/C20H40O/c1-3-5-7-9-11-12-14-16-18-20(19-21)17-15-13-10-8-6-4-2/h8,10,20-21H,3-7,9,11-19H2,1-2H3/b10-8+. The molecule has 21 heavy (non-hydrogen) atoms. The lowest BCUT2D eigenvalue weighted by Crippen LogP contribution is -2.05. The molecule has 0 aromatic carbocycles. The predicted octanol–water partition coefficient (Wildman–Crippen LogP) is 6.65. The topological polar surface area (TPSA) is 20.2 Å². The quantitative estimate of drug-likeness (QED) is 0.249. The zero-order chi connectivity index (χ0) is 15.6. The van der Waals surface area contributed by atoms with Gasteiger partial charge in [0, 0.05) is 6.61 Å². The predicted molar refractivity (Wildman–Crippen MR) is 95.7 cm³/mol. The maximum absolute atomic E-state index is 9.45. The molecular weight excluding hydrogens is 256 g/mol. The SMILES string of the molecule is CCC/C=C/CCCC(CO)CCCCCCCCCC. The number of hydrogen-bond donors (Lipinski definition) is 1. The van der Waals surface area contributed by atoms with Gasteiger partial charge in [0.2, 0.25) is 0 Å². The molecule has 0 aliphatic carbocycles. The Hall–Kier alpha value is -0.300. The molecule has 1 atom stereocenters. The molecule has 0 aliphatic rings. The molecule has 0 aromatic rings. The number of allylic oxidation sites excluding steroid dienone is 2. The van der Waals surface area contributed by atoms with Gasteiger partial charge in [-0.05, 0) is 38.0 Å². The smallest absolute Gasteiger partial charge is 0.0459 e. The number of aliphatic hydroxyl groups is 1.